The highest BCUT2D eigenvalue weighted by Crippen LogP contribution is 2.34. The van der Waals surface area contributed by atoms with Crippen LogP contribution in [0.25, 0.3) is 17.2 Å². The van der Waals surface area contributed by atoms with Crippen molar-refractivity contribution in [3.63, 3.8) is 0 Å². The van der Waals surface area contributed by atoms with Crippen LogP contribution in [-0.2, 0) is 6.42 Å². The van der Waals surface area contributed by atoms with Gasteiger partial charge in [0.15, 0.2) is 0 Å². The van der Waals surface area contributed by atoms with Gasteiger partial charge in [0.1, 0.15) is 12.0 Å². The van der Waals surface area contributed by atoms with E-state index in [0.29, 0.717) is 0 Å². The smallest absolute Gasteiger partial charge is 0.117 e. The average molecular weight is 328 g/mol. The first-order valence-corrected chi connectivity index (χ1v) is 8.70. The van der Waals surface area contributed by atoms with E-state index in [0.717, 1.165) is 17.8 Å². The zero-order chi connectivity index (χ0) is 17.0. The SMILES string of the molecule is Cc1cc2nc3n(c2cc1N1C=CN(c2ccccc2)[C@@H]1C)C=CC3. The van der Waals surface area contributed by atoms with Gasteiger partial charge in [0.2, 0.25) is 0 Å². The van der Waals surface area contributed by atoms with E-state index in [1.165, 1.54) is 22.5 Å². The molecule has 2 aromatic carbocycles. The first kappa shape index (κ1) is 14.3. The molecular weight excluding hydrogens is 308 g/mol. The minimum atomic E-state index is 0.232. The van der Waals surface area contributed by atoms with Gasteiger partial charge in [-0.15, -0.1) is 0 Å². The monoisotopic (exact) mass is 328 g/mol. The van der Waals surface area contributed by atoms with Crippen molar-refractivity contribution in [2.24, 2.45) is 0 Å². The molecule has 0 radical (unpaired) electrons. The number of allylic oxidation sites excluding steroid dienone is 1. The topological polar surface area (TPSA) is 24.3 Å². The van der Waals surface area contributed by atoms with Gasteiger partial charge in [0.25, 0.3) is 0 Å². The maximum atomic E-state index is 4.76. The lowest BCUT2D eigenvalue weighted by Crippen LogP contribution is -2.36. The first-order valence-electron chi connectivity index (χ1n) is 8.70. The molecule has 4 heteroatoms. The molecule has 124 valence electrons. The van der Waals surface area contributed by atoms with Crippen molar-refractivity contribution in [3.05, 3.63) is 72.3 Å². The summed E-state index contributed by atoms with van der Waals surface area (Å²) < 4.78 is 2.21. The van der Waals surface area contributed by atoms with Gasteiger partial charge in [-0.1, -0.05) is 24.3 Å². The third kappa shape index (κ3) is 2.10. The Morgan fingerprint density at radius 3 is 2.64 bits per heavy atom. The third-order valence-corrected chi connectivity index (χ3v) is 5.16. The van der Waals surface area contributed by atoms with Gasteiger partial charge in [0.05, 0.1) is 11.0 Å². The molecule has 2 aliphatic rings. The molecule has 25 heavy (non-hydrogen) atoms. The normalized spacial score (nSPS) is 18.6. The van der Waals surface area contributed by atoms with Gasteiger partial charge >= 0.3 is 0 Å². The van der Waals surface area contributed by atoms with E-state index in [-0.39, 0.29) is 6.17 Å². The van der Waals surface area contributed by atoms with E-state index in [1.54, 1.807) is 0 Å². The predicted octanol–water partition coefficient (Wildman–Crippen LogP) is 4.52. The van der Waals surface area contributed by atoms with E-state index < -0.39 is 0 Å². The van der Waals surface area contributed by atoms with Crippen molar-refractivity contribution in [2.75, 3.05) is 9.80 Å². The summed E-state index contributed by atoms with van der Waals surface area (Å²) in [6.45, 7) is 4.40. The van der Waals surface area contributed by atoms with Crippen molar-refractivity contribution in [2.45, 2.75) is 26.4 Å². The van der Waals surface area contributed by atoms with Crippen LogP contribution in [0.3, 0.4) is 0 Å². The Morgan fingerprint density at radius 2 is 1.80 bits per heavy atom. The Kier molecular flexibility index (Phi) is 3.01. The fourth-order valence-electron chi connectivity index (χ4n) is 3.85. The quantitative estimate of drug-likeness (QED) is 0.691. The second kappa shape index (κ2) is 5.24. The summed E-state index contributed by atoms with van der Waals surface area (Å²) in [6.07, 6.45) is 9.77. The summed E-state index contributed by atoms with van der Waals surface area (Å²) >= 11 is 0. The van der Waals surface area contributed by atoms with Crippen LogP contribution < -0.4 is 9.80 Å². The summed E-state index contributed by atoms with van der Waals surface area (Å²) in [6, 6.07) is 15.0. The lowest BCUT2D eigenvalue weighted by molar-refractivity contribution is 0.748. The Labute approximate surface area is 147 Å². The molecule has 5 rings (SSSR count). The van der Waals surface area contributed by atoms with Crippen LogP contribution in [-0.4, -0.2) is 15.7 Å². The van der Waals surface area contributed by atoms with E-state index in [9.17, 15) is 0 Å². The number of rotatable bonds is 2. The van der Waals surface area contributed by atoms with Crippen LogP contribution in [0.5, 0.6) is 0 Å². The molecule has 4 nitrogen and oxygen atoms in total. The lowest BCUT2D eigenvalue weighted by atomic mass is 10.1. The lowest BCUT2D eigenvalue weighted by Gasteiger charge is -2.30. The maximum absolute atomic E-state index is 4.76. The van der Waals surface area contributed by atoms with Crippen molar-refractivity contribution in [3.8, 4) is 0 Å². The standard InChI is InChI=1S/C21H20N4/c1-15-13-18-20(25-10-6-9-21(25)22-18)14-19(15)24-12-11-23(16(24)2)17-7-4-3-5-8-17/h3-8,10-14,16H,9H2,1-2H3/t16-/m0/s1. The van der Waals surface area contributed by atoms with Crippen molar-refractivity contribution in [1.82, 2.24) is 9.55 Å². The molecule has 0 N–H and O–H groups in total. The highest BCUT2D eigenvalue weighted by molar-refractivity contribution is 5.85. The highest BCUT2D eigenvalue weighted by Gasteiger charge is 2.26. The van der Waals surface area contributed by atoms with Gasteiger partial charge in [-0.3, -0.25) is 0 Å². The molecular formula is C21H20N4. The second-order valence-electron chi connectivity index (χ2n) is 6.69. The fraction of sp³-hybridized carbons (Fsp3) is 0.190. The molecule has 0 saturated carbocycles. The van der Waals surface area contributed by atoms with Gasteiger partial charge in [-0.25, -0.2) is 4.98 Å². The Hall–Kier alpha value is -3.01. The van der Waals surface area contributed by atoms with Gasteiger partial charge in [-0.2, -0.15) is 0 Å². The van der Waals surface area contributed by atoms with Crippen molar-refractivity contribution in [1.29, 1.82) is 0 Å². The Balaban J connectivity index is 1.56. The maximum Gasteiger partial charge on any atom is 0.117 e. The summed E-state index contributed by atoms with van der Waals surface area (Å²) in [5.74, 6) is 1.13. The molecule has 0 saturated heterocycles. The number of hydrogen-bond acceptors (Lipinski definition) is 3. The number of benzene rings is 2. The zero-order valence-corrected chi connectivity index (χ0v) is 14.4. The Bertz CT molecular complexity index is 1010. The second-order valence-corrected chi connectivity index (χ2v) is 6.69. The first-order chi connectivity index (χ1) is 12.2. The summed E-state index contributed by atoms with van der Waals surface area (Å²) in [5.41, 5.74) is 5.96. The van der Waals surface area contributed by atoms with Gasteiger partial charge in [-0.05, 0) is 43.7 Å². The molecule has 0 aliphatic carbocycles. The van der Waals surface area contributed by atoms with E-state index in [1.807, 2.05) is 0 Å². The number of fused-ring (bicyclic) bond motifs is 3. The number of aryl methyl sites for hydroxylation is 1. The summed E-state index contributed by atoms with van der Waals surface area (Å²) in [7, 11) is 0. The highest BCUT2D eigenvalue weighted by atomic mass is 15.4. The molecule has 0 fully saturated rings. The van der Waals surface area contributed by atoms with Gasteiger partial charge < -0.3 is 14.4 Å². The molecule has 0 bridgehead atoms. The zero-order valence-electron chi connectivity index (χ0n) is 14.4. The minimum Gasteiger partial charge on any atom is -0.326 e. The molecule has 3 heterocycles. The molecule has 1 atom stereocenters. The van der Waals surface area contributed by atoms with E-state index >= 15 is 0 Å². The summed E-state index contributed by atoms with van der Waals surface area (Å²) in [5, 5.41) is 0. The van der Waals surface area contributed by atoms with Crippen LogP contribution in [0.15, 0.2) is 60.9 Å². The van der Waals surface area contributed by atoms with Crippen LogP contribution in [0.4, 0.5) is 11.4 Å². The number of imidazole rings is 1. The number of anilines is 2. The number of hydrogen-bond donors (Lipinski definition) is 0. The third-order valence-electron chi connectivity index (χ3n) is 5.16. The molecule has 0 unspecified atom stereocenters. The van der Waals surface area contributed by atoms with Crippen LogP contribution in [0.2, 0.25) is 0 Å². The van der Waals surface area contributed by atoms with Crippen LogP contribution >= 0.6 is 0 Å². The average Bonchev–Trinajstić information content (AvgIpc) is 3.30. The van der Waals surface area contributed by atoms with Crippen LogP contribution in [0, 0.1) is 6.92 Å². The van der Waals surface area contributed by atoms with Crippen LogP contribution in [0.1, 0.15) is 18.3 Å². The largest absolute Gasteiger partial charge is 0.326 e. The van der Waals surface area contributed by atoms with E-state index in [4.69, 9.17) is 4.98 Å². The fourth-order valence-corrected chi connectivity index (χ4v) is 3.85. The van der Waals surface area contributed by atoms with Crippen molar-refractivity contribution < 1.29 is 0 Å². The molecule has 3 aromatic rings. The van der Waals surface area contributed by atoms with Crippen molar-refractivity contribution >= 4 is 28.6 Å². The number of aromatic nitrogens is 2. The van der Waals surface area contributed by atoms with Gasteiger partial charge in [0, 0.05) is 36.4 Å². The Morgan fingerprint density at radius 1 is 1.00 bits per heavy atom. The molecule has 2 aliphatic heterocycles. The summed E-state index contributed by atoms with van der Waals surface area (Å²) in [4.78, 5) is 9.39. The number of nitrogens with zero attached hydrogens (tertiary/aromatic N) is 4. The predicted molar refractivity (Wildman–Crippen MR) is 104 cm³/mol. The number of para-hydroxylation sites is 1. The van der Waals surface area contributed by atoms with E-state index in [2.05, 4.69) is 95.4 Å². The molecule has 1 aromatic heterocycles. The molecule has 0 spiro atoms. The molecule has 0 amide bonds. The minimum absolute atomic E-state index is 0.232.